The van der Waals surface area contributed by atoms with E-state index >= 15 is 0 Å². The molecule has 22 N–H and O–H groups in total. The summed E-state index contributed by atoms with van der Waals surface area (Å²) in [4.78, 5) is 273. The number of nitrogens with two attached hydrogens (primary N) is 2. The molecule has 1 aliphatic heterocycles. The number of amides is 20. The van der Waals surface area contributed by atoms with Crippen molar-refractivity contribution >= 4 is 118 Å². The van der Waals surface area contributed by atoms with Crippen molar-refractivity contribution in [3.05, 3.63) is 0 Å². The maximum Gasteiger partial charge on any atom is 0.248 e. The van der Waals surface area contributed by atoms with Gasteiger partial charge in [-0.1, -0.05) is 69.2 Å². The van der Waals surface area contributed by atoms with Gasteiger partial charge in [-0.2, -0.15) is 0 Å². The molecule has 0 aromatic carbocycles. The molecule has 698 valence electrons. The molecule has 0 aromatic heterocycles. The number of nitrogens with one attached hydrogen (secondary N) is 17. The van der Waals surface area contributed by atoms with Gasteiger partial charge in [-0.3, -0.25) is 95.9 Å². The Balaban J connectivity index is 3.25. The average molecular weight is 1750 g/mol. The maximum atomic E-state index is 14.5. The molecule has 20 amide bonds. The lowest BCUT2D eigenvalue weighted by Crippen LogP contribution is -2.66. The number of rotatable bonds is 51. The summed E-state index contributed by atoms with van der Waals surface area (Å²) < 4.78 is 0. The van der Waals surface area contributed by atoms with Gasteiger partial charge in [-0.05, 0) is 192 Å². The van der Waals surface area contributed by atoms with Gasteiger partial charge in [0.2, 0.25) is 118 Å². The third-order valence-electron chi connectivity index (χ3n) is 20.6. The molecule has 1 fully saturated rings. The van der Waals surface area contributed by atoms with Gasteiger partial charge in [-0.15, -0.1) is 0 Å². The zero-order valence-corrected chi connectivity index (χ0v) is 77.0. The molecule has 10 atom stereocenters. The predicted octanol–water partition coefficient (Wildman–Crippen LogP) is -2.71. The lowest BCUT2D eigenvalue weighted by molar-refractivity contribution is -0.146. The van der Waals surface area contributed by atoms with Crippen LogP contribution in [-0.2, 0) is 95.9 Å². The summed E-state index contributed by atoms with van der Waals surface area (Å²) in [5.74, 6) is -16.7. The van der Waals surface area contributed by atoms with Crippen LogP contribution >= 0.6 is 0 Å². The largest absolute Gasteiger partial charge is 0.394 e. The molecule has 0 saturated carbocycles. The van der Waals surface area contributed by atoms with E-state index in [0.717, 1.165) is 0 Å². The zero-order chi connectivity index (χ0) is 95.4. The first-order chi connectivity index (χ1) is 56.2. The van der Waals surface area contributed by atoms with Crippen LogP contribution in [0.3, 0.4) is 0 Å². The standard InChI is InChI=1S/C82H144N20O21/c1-27-81(25,99-65(114)53(38-45(7)8)89-60(109)47(11)87-58(107)40-85-67(116)75(13,14)94-48(12)104)72(121)92-51(32-34-57(84)106)62(111)96-77(17,18)69(118)93-54(39-46(9)10)64(113)97-76(15,16)68(117)86-41-59(108)95-82(26,28-2)73(122)101-80(23,24)74(123)102-35-29-30-55(102)66(115)90-52(37-44(5)6)63(112)98-79(21,22)71(120)100-78(19,20)70(119)91-50(31-33-56(83)105)61(110)88-49(42-103)36-43(3)4/h43-47,49-55,103H,27-42H2,1-26H3,(H2,83,105)(H2,84,106)(H,85,116)(H,86,117)(H,87,107)(H,88,110)(H,89,109)(H,90,115)(H,91,119)(H,92,121)(H,93,118)(H,94,104)(H,95,108)(H,96,111)(H,97,113)(H,98,112)(H,99,114)(H,100,120)(H,101,122). The van der Waals surface area contributed by atoms with Crippen molar-refractivity contribution in [2.45, 2.75) is 350 Å². The maximum absolute atomic E-state index is 14.5. The molecular formula is C82H144N20O21. The minimum Gasteiger partial charge on any atom is -0.394 e. The Morgan fingerprint density at radius 2 is 0.740 bits per heavy atom. The van der Waals surface area contributed by atoms with Crippen LogP contribution in [0.25, 0.3) is 0 Å². The van der Waals surface area contributed by atoms with Crippen LogP contribution in [0.1, 0.15) is 257 Å². The van der Waals surface area contributed by atoms with Gasteiger partial charge in [0.1, 0.15) is 86.6 Å². The highest BCUT2D eigenvalue weighted by atomic mass is 16.3. The molecule has 1 heterocycles. The van der Waals surface area contributed by atoms with Crippen molar-refractivity contribution in [2.24, 2.45) is 35.1 Å². The SMILES string of the molecule is CCC(C)(NC(=O)CNC(=O)C(C)(C)NC(=O)C(CC(C)C)NC(=O)C(C)(C)NC(=O)C(CCC(N)=O)NC(=O)C(C)(CC)NC(=O)C(CC(C)C)NC(=O)C(C)NC(=O)CNC(=O)C(C)(C)NC(C)=O)C(=O)NC(C)(C)C(=O)N1CCCC1C(=O)NC(CC(C)C)C(=O)NC(C)(C)C(=O)NC(C)(C)C(=O)NC(CCC(N)=O)C(=O)NC(CO)CC(C)C. The first-order valence-electron chi connectivity index (χ1n) is 41.9. The van der Waals surface area contributed by atoms with Crippen LogP contribution in [0.15, 0.2) is 0 Å². The number of carbonyl (C=O) groups excluding carboxylic acids is 20. The fourth-order valence-electron chi connectivity index (χ4n) is 12.7. The van der Waals surface area contributed by atoms with E-state index in [0.29, 0.717) is 12.8 Å². The molecule has 41 heteroatoms. The van der Waals surface area contributed by atoms with E-state index in [9.17, 15) is 101 Å². The van der Waals surface area contributed by atoms with Gasteiger partial charge in [0.15, 0.2) is 0 Å². The monoisotopic (exact) mass is 1750 g/mol. The highest BCUT2D eigenvalue weighted by molar-refractivity contribution is 6.04. The Morgan fingerprint density at radius 1 is 0.374 bits per heavy atom. The number of carbonyl (C=O) groups is 20. The van der Waals surface area contributed by atoms with Gasteiger partial charge < -0.3 is 112 Å². The van der Waals surface area contributed by atoms with Crippen LogP contribution < -0.4 is 102 Å². The van der Waals surface area contributed by atoms with Crippen LogP contribution in [0, 0.1) is 23.7 Å². The first-order valence-corrected chi connectivity index (χ1v) is 41.9. The van der Waals surface area contributed by atoms with Crippen molar-refractivity contribution in [1.82, 2.24) is 95.3 Å². The Labute approximate surface area is 722 Å². The number of aliphatic hydroxyl groups is 1. The Bertz CT molecular complexity index is 3840. The van der Waals surface area contributed by atoms with Crippen molar-refractivity contribution < 1.29 is 101 Å². The Kier molecular flexibility index (Phi) is 42.4. The molecule has 1 saturated heterocycles. The topological polar surface area (TPSA) is 621 Å². The van der Waals surface area contributed by atoms with E-state index in [1.165, 1.54) is 116 Å². The fourth-order valence-corrected chi connectivity index (χ4v) is 12.7. The molecule has 0 aliphatic carbocycles. The molecule has 0 aromatic rings. The summed E-state index contributed by atoms with van der Waals surface area (Å²) in [6.07, 6.45) is -0.483. The highest BCUT2D eigenvalue weighted by Crippen LogP contribution is 2.25. The molecule has 1 rings (SSSR count). The molecule has 10 unspecified atom stereocenters. The minimum absolute atomic E-state index is 0.0191. The summed E-state index contributed by atoms with van der Waals surface area (Å²) in [7, 11) is 0. The second-order valence-electron chi connectivity index (χ2n) is 37.1. The van der Waals surface area contributed by atoms with Crippen LogP contribution in [-0.4, -0.2) is 247 Å². The molecule has 0 bridgehead atoms. The second kappa shape index (κ2) is 47.3. The third kappa shape index (κ3) is 36.4. The van der Waals surface area contributed by atoms with Crippen molar-refractivity contribution in [3.63, 3.8) is 0 Å². The number of aliphatic hydroxyl groups excluding tert-OH is 1. The van der Waals surface area contributed by atoms with E-state index < -0.39 is 243 Å². The van der Waals surface area contributed by atoms with E-state index in [1.54, 1.807) is 55.4 Å². The van der Waals surface area contributed by atoms with Gasteiger partial charge in [0.05, 0.1) is 25.7 Å². The summed E-state index contributed by atoms with van der Waals surface area (Å²) in [6, 6.07) is -9.84. The Hall–Kier alpha value is -10.6. The number of primary amides is 2. The van der Waals surface area contributed by atoms with E-state index in [4.69, 9.17) is 11.5 Å². The molecular weight excluding hydrogens is 1600 g/mol. The third-order valence-corrected chi connectivity index (χ3v) is 20.6. The van der Waals surface area contributed by atoms with Crippen LogP contribution in [0.4, 0.5) is 0 Å². The smallest absolute Gasteiger partial charge is 0.248 e. The van der Waals surface area contributed by atoms with Gasteiger partial charge in [-0.25, -0.2) is 0 Å². The van der Waals surface area contributed by atoms with E-state index in [-0.39, 0.29) is 81.6 Å². The number of hydrogen-bond donors (Lipinski definition) is 20. The summed E-state index contributed by atoms with van der Waals surface area (Å²) in [6.45, 7) is 37.4. The number of hydrogen-bond acceptors (Lipinski definition) is 21. The van der Waals surface area contributed by atoms with Crippen LogP contribution in [0.5, 0.6) is 0 Å². The lowest BCUT2D eigenvalue weighted by Gasteiger charge is -2.37. The van der Waals surface area contributed by atoms with Crippen LogP contribution in [0.2, 0.25) is 0 Å². The molecule has 0 spiro atoms. The molecule has 1 aliphatic rings. The van der Waals surface area contributed by atoms with Gasteiger partial charge in [0.25, 0.3) is 0 Å². The quantitative estimate of drug-likeness (QED) is 0.0294. The summed E-state index contributed by atoms with van der Waals surface area (Å²) in [5.41, 5.74) is -2.98. The number of likely N-dealkylation sites (tertiary alicyclic amines) is 1. The van der Waals surface area contributed by atoms with Crippen molar-refractivity contribution in [3.8, 4) is 0 Å². The first kappa shape index (κ1) is 110. The average Bonchev–Trinajstić information content (AvgIpc) is 1.74. The summed E-state index contributed by atoms with van der Waals surface area (Å²) >= 11 is 0. The minimum atomic E-state index is -1.89. The molecule has 41 nitrogen and oxygen atoms in total. The van der Waals surface area contributed by atoms with Gasteiger partial charge >= 0.3 is 0 Å². The highest BCUT2D eigenvalue weighted by Gasteiger charge is 2.48. The lowest BCUT2D eigenvalue weighted by atomic mass is 9.94. The fraction of sp³-hybridized carbons (Fsp3) is 0.756. The summed E-state index contributed by atoms with van der Waals surface area (Å²) in [5, 5.41) is 53.7. The Morgan fingerprint density at radius 3 is 1.18 bits per heavy atom. The second-order valence-corrected chi connectivity index (χ2v) is 37.1. The normalized spacial score (nSPS) is 15.9. The van der Waals surface area contributed by atoms with E-state index in [1.807, 2.05) is 13.8 Å². The molecule has 123 heavy (non-hydrogen) atoms. The number of nitrogens with zero attached hydrogens (tertiary/aromatic N) is 1. The van der Waals surface area contributed by atoms with E-state index in [2.05, 4.69) is 90.4 Å². The van der Waals surface area contributed by atoms with Crippen molar-refractivity contribution in [2.75, 3.05) is 26.2 Å². The van der Waals surface area contributed by atoms with Crippen molar-refractivity contribution in [1.29, 1.82) is 0 Å². The molecule has 0 radical (unpaired) electrons. The van der Waals surface area contributed by atoms with Gasteiger partial charge in [0, 0.05) is 26.3 Å². The predicted molar refractivity (Wildman–Crippen MR) is 454 cm³/mol. The zero-order valence-electron chi connectivity index (χ0n) is 77.0.